The Kier molecular flexibility index (Phi) is 5.92. The van der Waals surface area contributed by atoms with Crippen LogP contribution in [-0.2, 0) is 4.74 Å². The Labute approximate surface area is 151 Å². The van der Waals surface area contributed by atoms with Crippen molar-refractivity contribution in [3.05, 3.63) is 59.9 Å². The van der Waals surface area contributed by atoms with Crippen LogP contribution in [0.4, 0.5) is 15.8 Å². The number of morpholine rings is 1. The van der Waals surface area contributed by atoms with Crippen LogP contribution in [0.2, 0.25) is 0 Å². The molecular formula is C18H19FN4OS. The zero-order chi connectivity index (χ0) is 17.5. The van der Waals surface area contributed by atoms with Gasteiger partial charge in [0.1, 0.15) is 5.82 Å². The van der Waals surface area contributed by atoms with Gasteiger partial charge in [-0.1, -0.05) is 24.3 Å². The fraction of sp³-hybridized carbons (Fsp3) is 0.222. The summed E-state index contributed by atoms with van der Waals surface area (Å²) in [7, 11) is 0. The lowest BCUT2D eigenvalue weighted by Gasteiger charge is -2.29. The van der Waals surface area contributed by atoms with E-state index in [2.05, 4.69) is 15.8 Å². The highest BCUT2D eigenvalue weighted by molar-refractivity contribution is 7.80. The number of hydrazone groups is 1. The van der Waals surface area contributed by atoms with Gasteiger partial charge in [-0.05, 0) is 42.0 Å². The average Bonchev–Trinajstić information content (AvgIpc) is 2.63. The highest BCUT2D eigenvalue weighted by Crippen LogP contribution is 2.21. The van der Waals surface area contributed by atoms with Crippen molar-refractivity contribution in [3.63, 3.8) is 0 Å². The molecule has 1 aliphatic heterocycles. The van der Waals surface area contributed by atoms with E-state index in [1.54, 1.807) is 6.07 Å². The largest absolute Gasteiger partial charge is 0.378 e. The van der Waals surface area contributed by atoms with E-state index in [-0.39, 0.29) is 5.82 Å². The predicted molar refractivity (Wildman–Crippen MR) is 103 cm³/mol. The van der Waals surface area contributed by atoms with E-state index < -0.39 is 0 Å². The standard InChI is InChI=1S/C18H19FN4OS/c19-16-12-14(6-7-17(16)23-8-10-24-11-9-23)13-20-22-18(25)21-15-4-2-1-3-5-15/h1-7,12-13H,8-11H2,(H2,21,22,25)/b20-13+. The first-order valence-electron chi connectivity index (χ1n) is 8.00. The van der Waals surface area contributed by atoms with E-state index in [0.29, 0.717) is 42.7 Å². The molecule has 0 atom stereocenters. The molecule has 0 spiro atoms. The lowest BCUT2D eigenvalue weighted by atomic mass is 10.2. The number of thiocarbonyl (C=S) groups is 1. The van der Waals surface area contributed by atoms with Crippen LogP contribution in [0.25, 0.3) is 0 Å². The average molecular weight is 358 g/mol. The Balaban J connectivity index is 1.56. The molecule has 3 rings (SSSR count). The van der Waals surface area contributed by atoms with Crippen LogP contribution in [-0.4, -0.2) is 37.6 Å². The van der Waals surface area contributed by atoms with Gasteiger partial charge >= 0.3 is 0 Å². The molecule has 0 aliphatic carbocycles. The normalized spacial score (nSPS) is 14.5. The van der Waals surface area contributed by atoms with Crippen LogP contribution in [0, 0.1) is 5.82 Å². The summed E-state index contributed by atoms with van der Waals surface area (Å²) in [5.74, 6) is -0.268. The maximum absolute atomic E-state index is 14.3. The van der Waals surface area contributed by atoms with E-state index in [1.807, 2.05) is 41.3 Å². The van der Waals surface area contributed by atoms with E-state index in [0.717, 1.165) is 5.69 Å². The number of halogens is 1. The van der Waals surface area contributed by atoms with Gasteiger partial charge in [-0.25, -0.2) is 4.39 Å². The fourth-order valence-corrected chi connectivity index (χ4v) is 2.68. The second-order valence-electron chi connectivity index (χ2n) is 5.50. The molecule has 1 heterocycles. The smallest absolute Gasteiger partial charge is 0.191 e. The molecule has 1 saturated heterocycles. The lowest BCUT2D eigenvalue weighted by Crippen LogP contribution is -2.36. The molecule has 0 bridgehead atoms. The first kappa shape index (κ1) is 17.3. The van der Waals surface area contributed by atoms with Crippen LogP contribution < -0.4 is 15.6 Å². The highest BCUT2D eigenvalue weighted by Gasteiger charge is 2.14. The molecule has 0 aromatic heterocycles. The predicted octanol–water partition coefficient (Wildman–Crippen LogP) is 2.98. The molecule has 2 aromatic carbocycles. The Morgan fingerprint density at radius 3 is 2.64 bits per heavy atom. The SMILES string of the molecule is Fc1cc(/C=N/NC(=S)Nc2ccccc2)ccc1N1CCOCC1. The molecule has 2 aromatic rings. The second kappa shape index (κ2) is 8.55. The molecule has 0 saturated carbocycles. The van der Waals surface area contributed by atoms with Gasteiger partial charge in [-0.15, -0.1) is 0 Å². The number of hydrogen-bond donors (Lipinski definition) is 2. The maximum Gasteiger partial charge on any atom is 0.191 e. The van der Waals surface area contributed by atoms with Gasteiger partial charge in [0.25, 0.3) is 0 Å². The molecule has 25 heavy (non-hydrogen) atoms. The molecule has 0 unspecified atom stereocenters. The number of hydrogen-bond acceptors (Lipinski definition) is 4. The van der Waals surface area contributed by atoms with E-state index in [9.17, 15) is 4.39 Å². The molecule has 2 N–H and O–H groups in total. The van der Waals surface area contributed by atoms with Gasteiger partial charge in [0.15, 0.2) is 5.11 Å². The molecule has 0 radical (unpaired) electrons. The third kappa shape index (κ3) is 4.98. The maximum atomic E-state index is 14.3. The van der Waals surface area contributed by atoms with Gasteiger partial charge in [0.2, 0.25) is 0 Å². The summed E-state index contributed by atoms with van der Waals surface area (Å²) in [6, 6.07) is 14.6. The first-order chi connectivity index (χ1) is 12.2. The summed E-state index contributed by atoms with van der Waals surface area (Å²) >= 11 is 5.15. The van der Waals surface area contributed by atoms with Crippen molar-refractivity contribution in [1.82, 2.24) is 5.43 Å². The number of nitrogens with one attached hydrogen (secondary N) is 2. The minimum atomic E-state index is -0.268. The quantitative estimate of drug-likeness (QED) is 0.500. The number of nitrogens with zero attached hydrogens (tertiary/aromatic N) is 2. The third-order valence-corrected chi connectivity index (χ3v) is 3.93. The molecule has 1 fully saturated rings. The van der Waals surface area contributed by atoms with Crippen molar-refractivity contribution >= 4 is 34.9 Å². The Morgan fingerprint density at radius 1 is 1.16 bits per heavy atom. The third-order valence-electron chi connectivity index (χ3n) is 3.73. The van der Waals surface area contributed by atoms with E-state index in [4.69, 9.17) is 17.0 Å². The molecular weight excluding hydrogens is 339 g/mol. The lowest BCUT2D eigenvalue weighted by molar-refractivity contribution is 0.122. The van der Waals surface area contributed by atoms with Crippen molar-refractivity contribution < 1.29 is 9.13 Å². The van der Waals surface area contributed by atoms with Crippen LogP contribution in [0.1, 0.15) is 5.56 Å². The Morgan fingerprint density at radius 2 is 1.92 bits per heavy atom. The van der Waals surface area contributed by atoms with Crippen LogP contribution in [0.15, 0.2) is 53.6 Å². The Bertz CT molecular complexity index is 748. The minimum absolute atomic E-state index is 0.268. The molecule has 130 valence electrons. The molecule has 0 amide bonds. The summed E-state index contributed by atoms with van der Waals surface area (Å²) in [5.41, 5.74) is 4.84. The number of rotatable bonds is 4. The fourth-order valence-electron chi connectivity index (χ4n) is 2.51. The summed E-state index contributed by atoms with van der Waals surface area (Å²) in [4.78, 5) is 1.98. The van der Waals surface area contributed by atoms with Crippen LogP contribution >= 0.6 is 12.2 Å². The monoisotopic (exact) mass is 358 g/mol. The summed E-state index contributed by atoms with van der Waals surface area (Å²) < 4.78 is 19.6. The first-order valence-corrected chi connectivity index (χ1v) is 8.40. The van der Waals surface area contributed by atoms with Gasteiger partial charge in [0, 0.05) is 18.8 Å². The van der Waals surface area contributed by atoms with Crippen molar-refractivity contribution in [3.8, 4) is 0 Å². The number of benzene rings is 2. The molecule has 1 aliphatic rings. The van der Waals surface area contributed by atoms with Gasteiger partial charge in [-0.3, -0.25) is 5.43 Å². The molecule has 5 nitrogen and oxygen atoms in total. The number of anilines is 2. The van der Waals surface area contributed by atoms with Gasteiger partial charge < -0.3 is 15.0 Å². The van der Waals surface area contributed by atoms with Crippen molar-refractivity contribution in [2.75, 3.05) is 36.5 Å². The van der Waals surface area contributed by atoms with Crippen LogP contribution in [0.3, 0.4) is 0 Å². The van der Waals surface area contributed by atoms with Crippen molar-refractivity contribution in [2.24, 2.45) is 5.10 Å². The molecule has 7 heteroatoms. The summed E-state index contributed by atoms with van der Waals surface area (Å²) in [6.45, 7) is 2.65. The van der Waals surface area contributed by atoms with Gasteiger partial charge in [-0.2, -0.15) is 5.10 Å². The number of ether oxygens (including phenoxy) is 1. The zero-order valence-electron chi connectivity index (χ0n) is 13.6. The highest BCUT2D eigenvalue weighted by atomic mass is 32.1. The topological polar surface area (TPSA) is 48.9 Å². The Hall–Kier alpha value is -2.51. The van der Waals surface area contributed by atoms with Gasteiger partial charge in [0.05, 0.1) is 25.1 Å². The van der Waals surface area contributed by atoms with E-state index >= 15 is 0 Å². The van der Waals surface area contributed by atoms with Crippen molar-refractivity contribution in [2.45, 2.75) is 0 Å². The minimum Gasteiger partial charge on any atom is -0.378 e. The van der Waals surface area contributed by atoms with Crippen LogP contribution in [0.5, 0.6) is 0 Å². The zero-order valence-corrected chi connectivity index (χ0v) is 14.4. The summed E-state index contributed by atoms with van der Waals surface area (Å²) in [6.07, 6.45) is 1.53. The summed E-state index contributed by atoms with van der Waals surface area (Å²) in [5, 5.41) is 7.42. The van der Waals surface area contributed by atoms with E-state index in [1.165, 1.54) is 12.3 Å². The number of para-hydroxylation sites is 1. The second-order valence-corrected chi connectivity index (χ2v) is 5.91. The van der Waals surface area contributed by atoms with Crippen molar-refractivity contribution in [1.29, 1.82) is 0 Å².